The van der Waals surface area contributed by atoms with Crippen LogP contribution in [-0.4, -0.2) is 59.9 Å². The van der Waals surface area contributed by atoms with E-state index in [0.29, 0.717) is 25.2 Å². The van der Waals surface area contributed by atoms with Crippen LogP contribution in [0.25, 0.3) is 0 Å². The molecule has 3 aliphatic rings. The van der Waals surface area contributed by atoms with Crippen LogP contribution in [0.4, 0.5) is 13.2 Å². The number of amides is 1. The van der Waals surface area contributed by atoms with Gasteiger partial charge in [0.15, 0.2) is 0 Å². The first-order valence-electron chi connectivity index (χ1n) is 9.44. The van der Waals surface area contributed by atoms with Crippen molar-refractivity contribution in [2.45, 2.75) is 44.1 Å². The minimum atomic E-state index is -4.14. The molecule has 4 rings (SSSR count). The number of nitrogens with one attached hydrogen (secondary N) is 1. The van der Waals surface area contributed by atoms with Crippen LogP contribution in [0, 0.1) is 18.8 Å². The van der Waals surface area contributed by atoms with Gasteiger partial charge in [-0.2, -0.15) is 13.2 Å². The van der Waals surface area contributed by atoms with Crippen LogP contribution in [0.15, 0.2) is 18.3 Å². The SMILES string of the molecule is Cc1ccc(C(=O)NC[C@H]2[C@H]3CN(CCC(F)(F)F)C[C@]34CC[C@H]2O4)cn1. The number of hydrogen-bond acceptors (Lipinski definition) is 4. The highest BCUT2D eigenvalue weighted by molar-refractivity contribution is 5.93. The molecule has 1 aromatic rings. The molecule has 0 aliphatic carbocycles. The van der Waals surface area contributed by atoms with Gasteiger partial charge in [-0.15, -0.1) is 0 Å². The molecule has 4 atom stereocenters. The molecule has 4 heterocycles. The summed E-state index contributed by atoms with van der Waals surface area (Å²) in [6.45, 7) is 3.54. The number of carbonyl (C=O) groups is 1. The van der Waals surface area contributed by atoms with E-state index in [-0.39, 0.29) is 36.0 Å². The Morgan fingerprint density at radius 1 is 1.44 bits per heavy atom. The molecule has 3 saturated heterocycles. The standard InChI is InChI=1S/C19H24F3N3O2/c1-12-2-3-13(8-23-12)17(26)24-9-14-15-10-25(7-6-19(20,21)22)11-18(15)5-4-16(14)27-18/h2-3,8,14-16H,4-7,9-11H2,1H3,(H,24,26)/t14-,15+,16+,18+/m0/s1. The number of aryl methyl sites for hydroxylation is 1. The highest BCUT2D eigenvalue weighted by Gasteiger charge is 2.62. The van der Waals surface area contributed by atoms with Crippen molar-refractivity contribution in [3.05, 3.63) is 29.6 Å². The number of rotatable bonds is 5. The summed E-state index contributed by atoms with van der Waals surface area (Å²) >= 11 is 0. The molecule has 1 aromatic heterocycles. The van der Waals surface area contributed by atoms with E-state index >= 15 is 0 Å². The second-order valence-electron chi connectivity index (χ2n) is 8.03. The van der Waals surface area contributed by atoms with Gasteiger partial charge in [0, 0.05) is 49.9 Å². The number of nitrogens with zero attached hydrogens (tertiary/aromatic N) is 2. The van der Waals surface area contributed by atoms with E-state index in [9.17, 15) is 18.0 Å². The maximum Gasteiger partial charge on any atom is 0.390 e. The van der Waals surface area contributed by atoms with E-state index in [1.807, 2.05) is 11.8 Å². The van der Waals surface area contributed by atoms with Gasteiger partial charge in [0.2, 0.25) is 0 Å². The number of carbonyl (C=O) groups excluding carboxylic acids is 1. The van der Waals surface area contributed by atoms with Crippen LogP contribution in [0.5, 0.6) is 0 Å². The number of pyridine rings is 1. The molecule has 0 unspecified atom stereocenters. The van der Waals surface area contributed by atoms with Crippen molar-refractivity contribution in [2.24, 2.45) is 11.8 Å². The molecule has 148 valence electrons. The number of ether oxygens (including phenoxy) is 1. The largest absolute Gasteiger partial charge is 0.390 e. The van der Waals surface area contributed by atoms with Crippen molar-refractivity contribution in [3.63, 3.8) is 0 Å². The zero-order chi connectivity index (χ0) is 19.2. The van der Waals surface area contributed by atoms with Gasteiger partial charge in [0.25, 0.3) is 5.91 Å². The number of fused-ring (bicyclic) bond motifs is 1. The summed E-state index contributed by atoms with van der Waals surface area (Å²) in [4.78, 5) is 18.4. The molecule has 1 N–H and O–H groups in total. The highest BCUT2D eigenvalue weighted by Crippen LogP contribution is 2.54. The molecule has 1 amide bonds. The maximum atomic E-state index is 12.5. The first kappa shape index (κ1) is 18.7. The van der Waals surface area contributed by atoms with E-state index in [1.165, 1.54) is 0 Å². The Morgan fingerprint density at radius 3 is 2.96 bits per heavy atom. The van der Waals surface area contributed by atoms with Gasteiger partial charge in [-0.1, -0.05) is 0 Å². The van der Waals surface area contributed by atoms with Crippen molar-refractivity contribution < 1.29 is 22.7 Å². The zero-order valence-corrected chi connectivity index (χ0v) is 15.3. The maximum absolute atomic E-state index is 12.5. The zero-order valence-electron chi connectivity index (χ0n) is 15.3. The normalized spacial score (nSPS) is 32.7. The lowest BCUT2D eigenvalue weighted by Gasteiger charge is -2.29. The lowest BCUT2D eigenvalue weighted by atomic mass is 9.73. The summed E-state index contributed by atoms with van der Waals surface area (Å²) in [7, 11) is 0. The fraction of sp³-hybridized carbons (Fsp3) is 0.684. The van der Waals surface area contributed by atoms with E-state index in [4.69, 9.17) is 4.74 Å². The molecular formula is C19H24F3N3O2. The van der Waals surface area contributed by atoms with Gasteiger partial charge in [-0.3, -0.25) is 14.7 Å². The molecular weight excluding hydrogens is 359 g/mol. The first-order chi connectivity index (χ1) is 12.8. The van der Waals surface area contributed by atoms with E-state index < -0.39 is 12.6 Å². The van der Waals surface area contributed by atoms with Gasteiger partial charge in [-0.25, -0.2) is 0 Å². The third-order valence-corrected chi connectivity index (χ3v) is 6.24. The smallest absolute Gasteiger partial charge is 0.370 e. The molecule has 0 saturated carbocycles. The summed E-state index contributed by atoms with van der Waals surface area (Å²) in [5, 5.41) is 2.97. The average Bonchev–Trinajstić information content (AvgIpc) is 3.26. The van der Waals surface area contributed by atoms with Crippen LogP contribution >= 0.6 is 0 Å². The average molecular weight is 383 g/mol. The molecule has 3 fully saturated rings. The van der Waals surface area contributed by atoms with Crippen molar-refractivity contribution in [1.82, 2.24) is 15.2 Å². The Balaban J connectivity index is 1.37. The van der Waals surface area contributed by atoms with Crippen molar-refractivity contribution in [3.8, 4) is 0 Å². The first-order valence-corrected chi connectivity index (χ1v) is 9.44. The minimum Gasteiger partial charge on any atom is -0.370 e. The van der Waals surface area contributed by atoms with Crippen molar-refractivity contribution in [2.75, 3.05) is 26.2 Å². The van der Waals surface area contributed by atoms with Crippen LogP contribution in [-0.2, 0) is 4.74 Å². The summed E-state index contributed by atoms with van der Waals surface area (Å²) in [5.41, 5.74) is 1.04. The number of alkyl halides is 3. The van der Waals surface area contributed by atoms with Gasteiger partial charge in [-0.05, 0) is 31.9 Å². The Kier molecular flexibility index (Phi) is 4.66. The van der Waals surface area contributed by atoms with Crippen molar-refractivity contribution in [1.29, 1.82) is 0 Å². The molecule has 3 aliphatic heterocycles. The number of likely N-dealkylation sites (tertiary alicyclic amines) is 1. The molecule has 1 spiro atoms. The van der Waals surface area contributed by atoms with Crippen LogP contribution < -0.4 is 5.32 Å². The summed E-state index contributed by atoms with van der Waals surface area (Å²) in [6, 6.07) is 3.53. The molecule has 0 aromatic carbocycles. The monoisotopic (exact) mass is 383 g/mol. The van der Waals surface area contributed by atoms with Crippen molar-refractivity contribution >= 4 is 5.91 Å². The fourth-order valence-corrected chi connectivity index (χ4v) is 4.93. The predicted octanol–water partition coefficient (Wildman–Crippen LogP) is 2.55. The van der Waals surface area contributed by atoms with Crippen LogP contribution in [0.1, 0.15) is 35.3 Å². The highest BCUT2D eigenvalue weighted by atomic mass is 19.4. The predicted molar refractivity (Wildman–Crippen MR) is 92.2 cm³/mol. The van der Waals surface area contributed by atoms with Gasteiger partial charge in [0.1, 0.15) is 0 Å². The van der Waals surface area contributed by atoms with Gasteiger partial charge in [0.05, 0.1) is 23.7 Å². The number of halogens is 3. The Labute approximate surface area is 156 Å². The van der Waals surface area contributed by atoms with E-state index in [1.54, 1.807) is 18.3 Å². The van der Waals surface area contributed by atoms with Gasteiger partial charge < -0.3 is 10.1 Å². The van der Waals surface area contributed by atoms with E-state index in [2.05, 4.69) is 10.3 Å². The molecule has 2 bridgehead atoms. The fourth-order valence-electron chi connectivity index (χ4n) is 4.93. The molecule has 8 heteroatoms. The Morgan fingerprint density at radius 2 is 2.26 bits per heavy atom. The van der Waals surface area contributed by atoms with Crippen LogP contribution in [0.3, 0.4) is 0 Å². The number of hydrogen-bond donors (Lipinski definition) is 1. The second-order valence-corrected chi connectivity index (χ2v) is 8.03. The third-order valence-electron chi connectivity index (χ3n) is 6.24. The topological polar surface area (TPSA) is 54.5 Å². The molecule has 5 nitrogen and oxygen atoms in total. The van der Waals surface area contributed by atoms with Gasteiger partial charge >= 0.3 is 6.18 Å². The minimum absolute atomic E-state index is 0.0177. The lowest BCUT2D eigenvalue weighted by molar-refractivity contribution is -0.138. The molecule has 27 heavy (non-hydrogen) atoms. The van der Waals surface area contributed by atoms with E-state index in [0.717, 1.165) is 18.5 Å². The summed E-state index contributed by atoms with van der Waals surface area (Å²) in [6.07, 6.45) is -1.47. The Hall–Kier alpha value is -1.67. The molecule has 0 radical (unpaired) electrons. The van der Waals surface area contributed by atoms with Crippen LogP contribution in [0.2, 0.25) is 0 Å². The third kappa shape index (κ3) is 3.69. The second kappa shape index (κ2) is 6.74. The summed E-state index contributed by atoms with van der Waals surface area (Å²) < 4.78 is 43.9. The lowest BCUT2D eigenvalue weighted by Crippen LogP contribution is -2.41. The Bertz CT molecular complexity index is 709. The quantitative estimate of drug-likeness (QED) is 0.849. The number of aromatic nitrogens is 1. The summed E-state index contributed by atoms with van der Waals surface area (Å²) in [5.74, 6) is 0.157.